The molecule has 1 heterocycles. The van der Waals surface area contributed by atoms with Crippen LogP contribution in [0.25, 0.3) is 11.0 Å². The second kappa shape index (κ2) is 7.85. The molecule has 1 aromatic heterocycles. The molecule has 7 nitrogen and oxygen atoms in total. The van der Waals surface area contributed by atoms with Gasteiger partial charge in [-0.15, -0.1) is 0 Å². The van der Waals surface area contributed by atoms with Gasteiger partial charge in [0.05, 0.1) is 24.2 Å². The topological polar surface area (TPSA) is 90.2 Å². The zero-order chi connectivity index (χ0) is 19.6. The van der Waals surface area contributed by atoms with Gasteiger partial charge in [-0.25, -0.2) is 4.79 Å². The number of methoxy groups -OCH3 is 1. The molecule has 142 valence electrons. The molecule has 0 aliphatic carbocycles. The molecule has 0 spiro atoms. The standard InChI is InChI=1S/C19H21ClN4O3/c1-11(24(2)10-12-8-13(20)4-7-17(12)27-3)18(25)21-14-5-6-15-16(9-14)23-19(26)22-15/h4-9,11H,10H2,1-3H3,(H,21,25)(H2,22,23,26)/t11-/m1/s1. The van der Waals surface area contributed by atoms with Gasteiger partial charge in [0.15, 0.2) is 0 Å². The molecule has 0 aliphatic rings. The fourth-order valence-corrected chi connectivity index (χ4v) is 3.03. The quantitative estimate of drug-likeness (QED) is 0.605. The maximum absolute atomic E-state index is 12.6. The van der Waals surface area contributed by atoms with Crippen molar-refractivity contribution in [2.45, 2.75) is 19.5 Å². The maximum Gasteiger partial charge on any atom is 0.323 e. The van der Waals surface area contributed by atoms with Crippen LogP contribution in [0.1, 0.15) is 12.5 Å². The lowest BCUT2D eigenvalue weighted by Crippen LogP contribution is -2.39. The Morgan fingerprint density at radius 3 is 2.70 bits per heavy atom. The van der Waals surface area contributed by atoms with Crippen molar-refractivity contribution in [3.8, 4) is 5.75 Å². The van der Waals surface area contributed by atoms with Gasteiger partial charge in [-0.2, -0.15) is 0 Å². The summed E-state index contributed by atoms with van der Waals surface area (Å²) in [5, 5.41) is 3.49. The van der Waals surface area contributed by atoms with Gasteiger partial charge < -0.3 is 20.0 Å². The molecular formula is C19H21ClN4O3. The van der Waals surface area contributed by atoms with E-state index in [1.807, 2.05) is 31.0 Å². The highest BCUT2D eigenvalue weighted by Gasteiger charge is 2.20. The molecule has 3 aromatic rings. The Morgan fingerprint density at radius 1 is 1.22 bits per heavy atom. The summed E-state index contributed by atoms with van der Waals surface area (Å²) < 4.78 is 5.36. The first-order valence-electron chi connectivity index (χ1n) is 8.43. The average molecular weight is 389 g/mol. The minimum atomic E-state index is -0.394. The number of amides is 1. The van der Waals surface area contributed by atoms with Gasteiger partial charge in [0, 0.05) is 22.8 Å². The molecule has 1 amide bonds. The van der Waals surface area contributed by atoms with Crippen molar-refractivity contribution < 1.29 is 9.53 Å². The smallest absolute Gasteiger partial charge is 0.323 e. The summed E-state index contributed by atoms with van der Waals surface area (Å²) in [4.78, 5) is 31.2. The van der Waals surface area contributed by atoms with Crippen molar-refractivity contribution in [1.29, 1.82) is 0 Å². The van der Waals surface area contributed by atoms with Gasteiger partial charge in [0.25, 0.3) is 0 Å². The van der Waals surface area contributed by atoms with Crippen molar-refractivity contribution in [2.24, 2.45) is 0 Å². The molecule has 0 unspecified atom stereocenters. The van der Waals surface area contributed by atoms with E-state index in [0.717, 1.165) is 11.3 Å². The molecule has 2 aromatic carbocycles. The molecular weight excluding hydrogens is 368 g/mol. The second-order valence-corrected chi connectivity index (χ2v) is 6.81. The number of aromatic nitrogens is 2. The summed E-state index contributed by atoms with van der Waals surface area (Å²) in [6.07, 6.45) is 0. The number of fused-ring (bicyclic) bond motifs is 1. The molecule has 27 heavy (non-hydrogen) atoms. The number of H-pyrrole nitrogens is 2. The fourth-order valence-electron chi connectivity index (χ4n) is 2.83. The Kier molecular flexibility index (Phi) is 5.53. The molecule has 0 saturated carbocycles. The summed E-state index contributed by atoms with van der Waals surface area (Å²) in [5.41, 5.74) is 2.57. The number of aromatic amines is 2. The maximum atomic E-state index is 12.6. The summed E-state index contributed by atoms with van der Waals surface area (Å²) in [6, 6.07) is 10.2. The van der Waals surface area contributed by atoms with Crippen molar-refractivity contribution in [1.82, 2.24) is 14.9 Å². The first-order chi connectivity index (χ1) is 12.9. The number of ether oxygens (including phenoxy) is 1. The van der Waals surface area contributed by atoms with E-state index < -0.39 is 6.04 Å². The number of nitrogens with one attached hydrogen (secondary N) is 3. The van der Waals surface area contributed by atoms with Gasteiger partial charge in [0.2, 0.25) is 5.91 Å². The van der Waals surface area contributed by atoms with Crippen LogP contribution < -0.4 is 15.7 Å². The first kappa shape index (κ1) is 19.0. The number of hydrogen-bond donors (Lipinski definition) is 3. The highest BCUT2D eigenvalue weighted by Crippen LogP contribution is 2.24. The van der Waals surface area contributed by atoms with Crippen LogP contribution in [0.4, 0.5) is 5.69 Å². The van der Waals surface area contributed by atoms with Crippen LogP contribution >= 0.6 is 11.6 Å². The summed E-state index contributed by atoms with van der Waals surface area (Å²) >= 11 is 6.08. The van der Waals surface area contributed by atoms with Crippen molar-refractivity contribution in [3.05, 3.63) is 57.5 Å². The van der Waals surface area contributed by atoms with E-state index in [-0.39, 0.29) is 11.6 Å². The molecule has 8 heteroatoms. The number of likely N-dealkylation sites (N-methyl/N-ethyl adjacent to an activating group) is 1. The van der Waals surface area contributed by atoms with E-state index in [4.69, 9.17) is 16.3 Å². The number of benzene rings is 2. The minimum Gasteiger partial charge on any atom is -0.496 e. The number of anilines is 1. The Bertz CT molecular complexity index is 1030. The summed E-state index contributed by atoms with van der Waals surface area (Å²) in [6.45, 7) is 2.32. The van der Waals surface area contributed by atoms with Gasteiger partial charge in [-0.1, -0.05) is 11.6 Å². The number of hydrogen-bond acceptors (Lipinski definition) is 4. The van der Waals surface area contributed by atoms with Crippen LogP contribution in [0.2, 0.25) is 5.02 Å². The number of carbonyl (C=O) groups is 1. The lowest BCUT2D eigenvalue weighted by molar-refractivity contribution is -0.120. The van der Waals surface area contributed by atoms with Crippen molar-refractivity contribution in [3.63, 3.8) is 0 Å². The van der Waals surface area contributed by atoms with Crippen LogP contribution in [0.5, 0.6) is 5.75 Å². The fraction of sp³-hybridized carbons (Fsp3) is 0.263. The molecule has 3 N–H and O–H groups in total. The molecule has 1 atom stereocenters. The summed E-state index contributed by atoms with van der Waals surface area (Å²) in [7, 11) is 3.46. The third-order valence-electron chi connectivity index (χ3n) is 4.49. The van der Waals surface area contributed by atoms with E-state index in [2.05, 4.69) is 15.3 Å². The minimum absolute atomic E-state index is 0.157. The van der Waals surface area contributed by atoms with E-state index in [9.17, 15) is 9.59 Å². The predicted octanol–water partition coefficient (Wildman–Crippen LogP) is 2.98. The van der Waals surface area contributed by atoms with E-state index >= 15 is 0 Å². The largest absolute Gasteiger partial charge is 0.496 e. The van der Waals surface area contributed by atoms with Crippen LogP contribution in [-0.4, -0.2) is 41.0 Å². The second-order valence-electron chi connectivity index (χ2n) is 6.38. The monoisotopic (exact) mass is 388 g/mol. The third kappa shape index (κ3) is 4.32. The van der Waals surface area contributed by atoms with Gasteiger partial charge in [-0.05, 0) is 50.4 Å². The molecule has 0 radical (unpaired) electrons. The lowest BCUT2D eigenvalue weighted by Gasteiger charge is -2.24. The Hall–Kier alpha value is -2.77. The van der Waals surface area contributed by atoms with Crippen LogP contribution in [0, 0.1) is 0 Å². The SMILES string of the molecule is COc1ccc(Cl)cc1CN(C)[C@H](C)C(=O)Nc1ccc2[nH]c(=O)[nH]c2c1. The number of nitrogens with zero attached hydrogens (tertiary/aromatic N) is 1. The molecule has 0 fully saturated rings. The average Bonchev–Trinajstić information content (AvgIpc) is 3.00. The van der Waals surface area contributed by atoms with Crippen LogP contribution in [0.15, 0.2) is 41.2 Å². The molecule has 0 aliphatic heterocycles. The van der Waals surface area contributed by atoms with Crippen LogP contribution in [0.3, 0.4) is 0 Å². The van der Waals surface area contributed by atoms with E-state index in [0.29, 0.717) is 28.3 Å². The molecule has 0 saturated heterocycles. The zero-order valence-electron chi connectivity index (χ0n) is 15.3. The number of carbonyl (C=O) groups excluding carboxylic acids is 1. The number of rotatable bonds is 6. The Morgan fingerprint density at radius 2 is 1.96 bits per heavy atom. The highest BCUT2D eigenvalue weighted by atomic mass is 35.5. The van der Waals surface area contributed by atoms with Crippen molar-refractivity contribution in [2.75, 3.05) is 19.5 Å². The predicted molar refractivity (Wildman–Crippen MR) is 106 cm³/mol. The lowest BCUT2D eigenvalue weighted by atomic mass is 10.1. The highest BCUT2D eigenvalue weighted by molar-refractivity contribution is 6.30. The zero-order valence-corrected chi connectivity index (χ0v) is 16.1. The molecule has 3 rings (SSSR count). The molecule has 0 bridgehead atoms. The number of imidazole rings is 1. The third-order valence-corrected chi connectivity index (χ3v) is 4.72. The summed E-state index contributed by atoms with van der Waals surface area (Å²) in [5.74, 6) is 0.566. The van der Waals surface area contributed by atoms with Crippen LogP contribution in [-0.2, 0) is 11.3 Å². The normalized spacial score (nSPS) is 12.3. The Balaban J connectivity index is 1.70. The Labute approximate surface area is 161 Å². The van der Waals surface area contributed by atoms with E-state index in [1.54, 1.807) is 31.4 Å². The van der Waals surface area contributed by atoms with Gasteiger partial charge in [-0.3, -0.25) is 9.69 Å². The number of halogens is 1. The van der Waals surface area contributed by atoms with Gasteiger partial charge in [0.1, 0.15) is 5.75 Å². The van der Waals surface area contributed by atoms with E-state index in [1.165, 1.54) is 0 Å². The van der Waals surface area contributed by atoms with Crippen molar-refractivity contribution >= 4 is 34.2 Å². The first-order valence-corrected chi connectivity index (χ1v) is 8.80. The van der Waals surface area contributed by atoms with Gasteiger partial charge >= 0.3 is 5.69 Å².